The van der Waals surface area contributed by atoms with Crippen LogP contribution in [-0.2, 0) is 0 Å². The average molecular weight is 411 g/mol. The summed E-state index contributed by atoms with van der Waals surface area (Å²) >= 11 is 0. The average Bonchev–Trinajstić information content (AvgIpc) is 2.60. The maximum atomic E-state index is 13.4. The molecule has 0 bridgehead atoms. The fourth-order valence-electron chi connectivity index (χ4n) is 2.75. The summed E-state index contributed by atoms with van der Waals surface area (Å²) in [6.45, 7) is 1.78. The molecular formula is C21H25Cl2FN2O. The Balaban J connectivity index is 0.00000182. The smallest absolute Gasteiger partial charge is 0.123 e. The van der Waals surface area contributed by atoms with Crippen molar-refractivity contribution in [1.29, 1.82) is 0 Å². The normalized spacial score (nSPS) is 10.4. The molecule has 0 unspecified atom stereocenters. The topological polar surface area (TPSA) is 25.4 Å². The monoisotopic (exact) mass is 410 g/mol. The number of hydrogen-bond acceptors (Lipinski definition) is 3. The van der Waals surface area contributed by atoms with Gasteiger partial charge in [-0.2, -0.15) is 0 Å². The van der Waals surface area contributed by atoms with E-state index in [2.05, 4.69) is 24.0 Å². The fourth-order valence-corrected chi connectivity index (χ4v) is 2.75. The Hall–Kier alpha value is -1.88. The predicted molar refractivity (Wildman–Crippen MR) is 115 cm³/mol. The zero-order valence-corrected chi connectivity index (χ0v) is 17.2. The van der Waals surface area contributed by atoms with Crippen LogP contribution in [0.1, 0.15) is 12.8 Å². The molecule has 3 rings (SSSR count). The number of fused-ring (bicyclic) bond motifs is 1. The number of pyridine rings is 1. The van der Waals surface area contributed by atoms with Gasteiger partial charge in [0.1, 0.15) is 11.6 Å². The van der Waals surface area contributed by atoms with E-state index in [0.717, 1.165) is 47.2 Å². The third kappa shape index (κ3) is 6.65. The largest absolute Gasteiger partial charge is 0.494 e. The van der Waals surface area contributed by atoms with Gasteiger partial charge in [0.25, 0.3) is 0 Å². The summed E-state index contributed by atoms with van der Waals surface area (Å²) < 4.78 is 19.3. The Morgan fingerprint density at radius 3 is 2.52 bits per heavy atom. The summed E-state index contributed by atoms with van der Waals surface area (Å²) in [5.41, 5.74) is 2.62. The standard InChI is InChI=1S/C21H23FN2O.2ClH/c1-24(2)10-3-4-11-25-20-8-9-21-17(14-20)12-18(15-23-21)16-6-5-7-19(22)13-16;;/h5-9,12-15H,3-4,10-11H2,1-2H3;2*1H. The highest BCUT2D eigenvalue weighted by Crippen LogP contribution is 2.26. The minimum atomic E-state index is -0.243. The number of ether oxygens (including phenoxy) is 1. The molecule has 0 saturated carbocycles. The van der Waals surface area contributed by atoms with Crippen molar-refractivity contribution in [3.8, 4) is 16.9 Å². The van der Waals surface area contributed by atoms with Gasteiger partial charge in [0.2, 0.25) is 0 Å². The minimum absolute atomic E-state index is 0. The van der Waals surface area contributed by atoms with Gasteiger partial charge < -0.3 is 9.64 Å². The molecule has 0 atom stereocenters. The molecule has 0 fully saturated rings. The molecule has 0 saturated heterocycles. The maximum absolute atomic E-state index is 13.4. The van der Waals surface area contributed by atoms with E-state index in [1.54, 1.807) is 12.3 Å². The SMILES string of the molecule is CN(C)CCCCOc1ccc2ncc(-c3cccc(F)c3)cc2c1.Cl.Cl. The van der Waals surface area contributed by atoms with Gasteiger partial charge in [-0.05, 0) is 75.4 Å². The van der Waals surface area contributed by atoms with E-state index in [1.165, 1.54) is 12.1 Å². The molecule has 3 nitrogen and oxygen atoms in total. The molecule has 0 aliphatic carbocycles. The molecule has 1 aromatic heterocycles. The van der Waals surface area contributed by atoms with Gasteiger partial charge in [0.15, 0.2) is 0 Å². The number of unbranched alkanes of at least 4 members (excludes halogenated alkanes) is 1. The van der Waals surface area contributed by atoms with Gasteiger partial charge in [-0.1, -0.05) is 12.1 Å². The Morgan fingerprint density at radius 2 is 1.78 bits per heavy atom. The second kappa shape index (κ2) is 11.1. The van der Waals surface area contributed by atoms with E-state index < -0.39 is 0 Å². The van der Waals surface area contributed by atoms with Gasteiger partial charge in [-0.3, -0.25) is 4.98 Å². The lowest BCUT2D eigenvalue weighted by atomic mass is 10.1. The van der Waals surface area contributed by atoms with Crippen LogP contribution < -0.4 is 4.74 Å². The van der Waals surface area contributed by atoms with Crippen LogP contribution in [0.15, 0.2) is 54.7 Å². The number of nitrogens with zero attached hydrogens (tertiary/aromatic N) is 2. The van der Waals surface area contributed by atoms with E-state index in [-0.39, 0.29) is 30.6 Å². The third-order valence-corrected chi connectivity index (χ3v) is 4.08. The van der Waals surface area contributed by atoms with E-state index >= 15 is 0 Å². The van der Waals surface area contributed by atoms with Crippen molar-refractivity contribution in [3.05, 3.63) is 60.5 Å². The van der Waals surface area contributed by atoms with Crippen molar-refractivity contribution in [3.63, 3.8) is 0 Å². The highest BCUT2D eigenvalue weighted by atomic mass is 35.5. The van der Waals surface area contributed by atoms with Crippen molar-refractivity contribution >= 4 is 35.7 Å². The molecule has 3 aromatic rings. The number of aromatic nitrogens is 1. The van der Waals surface area contributed by atoms with Crippen LogP contribution in [-0.4, -0.2) is 37.1 Å². The first-order valence-electron chi connectivity index (χ1n) is 8.55. The maximum Gasteiger partial charge on any atom is 0.123 e. The summed E-state index contributed by atoms with van der Waals surface area (Å²) in [5, 5.41) is 0.993. The van der Waals surface area contributed by atoms with Crippen molar-refractivity contribution < 1.29 is 9.13 Å². The van der Waals surface area contributed by atoms with Crippen LogP contribution >= 0.6 is 24.8 Å². The van der Waals surface area contributed by atoms with Crippen LogP contribution in [0.2, 0.25) is 0 Å². The first-order valence-corrected chi connectivity index (χ1v) is 8.55. The van der Waals surface area contributed by atoms with E-state index in [0.29, 0.717) is 6.61 Å². The van der Waals surface area contributed by atoms with E-state index in [4.69, 9.17) is 4.74 Å². The molecule has 0 amide bonds. The molecule has 2 aromatic carbocycles. The molecule has 1 heterocycles. The Labute approximate surface area is 172 Å². The highest BCUT2D eigenvalue weighted by Gasteiger charge is 2.04. The van der Waals surface area contributed by atoms with Gasteiger partial charge >= 0.3 is 0 Å². The lowest BCUT2D eigenvalue weighted by Crippen LogP contribution is -2.13. The summed E-state index contributed by atoms with van der Waals surface area (Å²) in [7, 11) is 4.15. The van der Waals surface area contributed by atoms with Crippen LogP contribution in [0.4, 0.5) is 4.39 Å². The third-order valence-electron chi connectivity index (χ3n) is 4.08. The van der Waals surface area contributed by atoms with Crippen molar-refractivity contribution in [2.24, 2.45) is 0 Å². The number of benzene rings is 2. The van der Waals surface area contributed by atoms with Gasteiger partial charge in [-0.25, -0.2) is 4.39 Å². The first kappa shape index (κ1) is 23.2. The Kier molecular flexibility index (Phi) is 9.50. The van der Waals surface area contributed by atoms with Crippen LogP contribution in [0, 0.1) is 5.82 Å². The van der Waals surface area contributed by atoms with Crippen LogP contribution in [0.25, 0.3) is 22.0 Å². The molecule has 0 aliphatic heterocycles. The molecule has 27 heavy (non-hydrogen) atoms. The van der Waals surface area contributed by atoms with Crippen LogP contribution in [0.5, 0.6) is 5.75 Å². The lowest BCUT2D eigenvalue weighted by molar-refractivity contribution is 0.293. The first-order chi connectivity index (χ1) is 12.1. The minimum Gasteiger partial charge on any atom is -0.494 e. The molecule has 0 aliphatic rings. The summed E-state index contributed by atoms with van der Waals surface area (Å²) in [6.07, 6.45) is 3.92. The summed E-state index contributed by atoms with van der Waals surface area (Å²) in [5.74, 6) is 0.600. The molecule has 6 heteroatoms. The quantitative estimate of drug-likeness (QED) is 0.473. The zero-order chi connectivity index (χ0) is 17.6. The molecule has 0 N–H and O–H groups in total. The van der Waals surface area contributed by atoms with E-state index in [1.807, 2.05) is 30.3 Å². The van der Waals surface area contributed by atoms with Crippen molar-refractivity contribution in [2.75, 3.05) is 27.2 Å². The number of halogens is 3. The van der Waals surface area contributed by atoms with Gasteiger partial charge in [0.05, 0.1) is 12.1 Å². The van der Waals surface area contributed by atoms with Gasteiger partial charge in [-0.15, -0.1) is 24.8 Å². The fraction of sp³-hybridized carbons (Fsp3) is 0.286. The van der Waals surface area contributed by atoms with Gasteiger partial charge in [0, 0.05) is 17.1 Å². The molecule has 0 spiro atoms. The summed E-state index contributed by atoms with van der Waals surface area (Å²) in [6, 6.07) is 14.5. The second-order valence-corrected chi connectivity index (χ2v) is 6.45. The highest BCUT2D eigenvalue weighted by molar-refractivity contribution is 5.86. The van der Waals surface area contributed by atoms with Crippen molar-refractivity contribution in [2.45, 2.75) is 12.8 Å². The molecular weight excluding hydrogens is 386 g/mol. The summed E-state index contributed by atoms with van der Waals surface area (Å²) in [4.78, 5) is 6.65. The Morgan fingerprint density at radius 1 is 0.963 bits per heavy atom. The molecule has 146 valence electrons. The zero-order valence-electron chi connectivity index (χ0n) is 15.5. The Bertz CT molecular complexity index is 858. The van der Waals surface area contributed by atoms with Crippen LogP contribution in [0.3, 0.4) is 0 Å². The van der Waals surface area contributed by atoms with E-state index in [9.17, 15) is 4.39 Å². The number of hydrogen-bond donors (Lipinski definition) is 0. The molecule has 0 radical (unpaired) electrons. The van der Waals surface area contributed by atoms with Crippen molar-refractivity contribution in [1.82, 2.24) is 9.88 Å². The predicted octanol–water partition coefficient (Wildman–Crippen LogP) is 5.61. The lowest BCUT2D eigenvalue weighted by Gasteiger charge is -2.10. The number of rotatable bonds is 7. The second-order valence-electron chi connectivity index (χ2n) is 6.45.